The Labute approximate surface area is 216 Å². The van der Waals surface area contributed by atoms with Crippen molar-refractivity contribution in [2.75, 3.05) is 13.7 Å². The number of aliphatic hydroxyl groups excluding tert-OH is 1. The van der Waals surface area contributed by atoms with Crippen LogP contribution in [0, 0.1) is 11.3 Å². The van der Waals surface area contributed by atoms with Crippen LogP contribution >= 0.6 is 11.3 Å². The summed E-state index contributed by atoms with van der Waals surface area (Å²) in [5.41, 5.74) is 3.07. The zero-order valence-electron chi connectivity index (χ0n) is 20.5. The van der Waals surface area contributed by atoms with Gasteiger partial charge < -0.3 is 19.3 Å². The quantitative estimate of drug-likeness (QED) is 0.437. The molecule has 1 fully saturated rings. The molecule has 0 unspecified atom stereocenters. The van der Waals surface area contributed by atoms with Gasteiger partial charge in [-0.3, -0.25) is 4.79 Å². The van der Waals surface area contributed by atoms with Crippen molar-refractivity contribution < 1.29 is 14.6 Å². The highest BCUT2D eigenvalue weighted by Gasteiger charge is 2.46. The van der Waals surface area contributed by atoms with Gasteiger partial charge in [0, 0.05) is 25.1 Å². The number of ether oxygens (including phenoxy) is 1. The second kappa shape index (κ2) is 8.50. The number of aromatic nitrogens is 6. The zero-order valence-corrected chi connectivity index (χ0v) is 21.4. The molecule has 3 aromatic heterocycles. The normalized spacial score (nSPS) is 20.4. The number of nitrogens with zero attached hydrogens (tertiary/aromatic N) is 8. The number of thiophene rings is 1. The van der Waals surface area contributed by atoms with Crippen molar-refractivity contribution in [3.05, 3.63) is 41.0 Å². The van der Waals surface area contributed by atoms with Gasteiger partial charge in [-0.1, -0.05) is 6.07 Å². The van der Waals surface area contributed by atoms with Gasteiger partial charge >= 0.3 is 0 Å². The lowest BCUT2D eigenvalue weighted by Gasteiger charge is -2.29. The Morgan fingerprint density at radius 1 is 1.35 bits per heavy atom. The summed E-state index contributed by atoms with van der Waals surface area (Å²) in [6.45, 7) is 2.31. The Kier molecular flexibility index (Phi) is 5.36. The first kappa shape index (κ1) is 23.3. The van der Waals surface area contributed by atoms with Crippen LogP contribution in [0.15, 0.2) is 29.6 Å². The summed E-state index contributed by atoms with van der Waals surface area (Å²) in [6, 6.07) is 10.1. The van der Waals surface area contributed by atoms with Crippen LogP contribution in [0.3, 0.4) is 0 Å². The van der Waals surface area contributed by atoms with Gasteiger partial charge in [0.15, 0.2) is 5.82 Å². The lowest BCUT2D eigenvalue weighted by Crippen LogP contribution is -2.45. The predicted molar refractivity (Wildman–Crippen MR) is 135 cm³/mol. The average molecular weight is 517 g/mol. The van der Waals surface area contributed by atoms with Gasteiger partial charge in [-0.25, -0.2) is 4.98 Å². The Balaban J connectivity index is 1.56. The van der Waals surface area contributed by atoms with Crippen molar-refractivity contribution in [1.29, 1.82) is 5.26 Å². The van der Waals surface area contributed by atoms with E-state index in [0.29, 0.717) is 35.8 Å². The molecule has 4 aromatic rings. The lowest BCUT2D eigenvalue weighted by molar-refractivity contribution is 0.0660. The predicted octanol–water partition coefficient (Wildman–Crippen LogP) is 2.52. The number of benzene rings is 1. The van der Waals surface area contributed by atoms with Crippen LogP contribution in [0.25, 0.3) is 33.2 Å². The first-order valence-electron chi connectivity index (χ1n) is 11.8. The average Bonchev–Trinajstić information content (AvgIpc) is 3.68. The number of likely N-dealkylation sites (tertiary alicyclic amines) is 1. The van der Waals surface area contributed by atoms with E-state index in [1.165, 1.54) is 9.70 Å². The third-order valence-electron chi connectivity index (χ3n) is 7.06. The van der Waals surface area contributed by atoms with E-state index in [9.17, 15) is 15.2 Å². The number of nitriles is 1. The molecule has 37 heavy (non-hydrogen) atoms. The maximum atomic E-state index is 13.9. The fourth-order valence-corrected chi connectivity index (χ4v) is 6.00. The molecule has 0 bridgehead atoms. The number of fused-ring (bicyclic) bond motifs is 3. The third kappa shape index (κ3) is 3.61. The molecule has 1 aromatic carbocycles. The number of amides is 1. The summed E-state index contributed by atoms with van der Waals surface area (Å²) < 4.78 is 7.60. The van der Waals surface area contributed by atoms with Crippen LogP contribution in [0.2, 0.25) is 0 Å². The molecule has 2 aliphatic rings. The van der Waals surface area contributed by atoms with E-state index in [0.717, 1.165) is 21.7 Å². The van der Waals surface area contributed by atoms with Crippen LogP contribution in [0.1, 0.15) is 29.5 Å². The maximum absolute atomic E-state index is 13.9. The van der Waals surface area contributed by atoms with E-state index in [-0.39, 0.29) is 24.7 Å². The second-order valence-electron chi connectivity index (χ2n) is 9.48. The number of carbonyl (C=O) groups is 1. The van der Waals surface area contributed by atoms with Crippen LogP contribution < -0.4 is 4.74 Å². The Morgan fingerprint density at radius 3 is 2.86 bits per heavy atom. The zero-order chi connectivity index (χ0) is 25.9. The summed E-state index contributed by atoms with van der Waals surface area (Å²) in [4.78, 5) is 22.5. The molecule has 1 saturated heterocycles. The fraction of sp³-hybridized carbons (Fsp3) is 0.360. The van der Waals surface area contributed by atoms with Crippen molar-refractivity contribution in [2.45, 2.75) is 38.0 Å². The van der Waals surface area contributed by atoms with Crippen molar-refractivity contribution in [2.24, 2.45) is 7.05 Å². The van der Waals surface area contributed by atoms with E-state index in [2.05, 4.69) is 21.5 Å². The first-order valence-corrected chi connectivity index (χ1v) is 12.7. The van der Waals surface area contributed by atoms with E-state index >= 15 is 0 Å². The van der Waals surface area contributed by atoms with Gasteiger partial charge in [0.25, 0.3) is 5.91 Å². The van der Waals surface area contributed by atoms with Crippen molar-refractivity contribution in [1.82, 2.24) is 34.7 Å². The topological polar surface area (TPSA) is 135 Å². The lowest BCUT2D eigenvalue weighted by atomic mass is 9.93. The minimum Gasteiger partial charge on any atom is -0.496 e. The van der Waals surface area contributed by atoms with E-state index in [4.69, 9.17) is 9.72 Å². The minimum absolute atomic E-state index is 0.0930. The molecule has 12 heteroatoms. The standard InChI is InChI=1S/C25H24N8O3S/c1-25(13-26)11-15(34)12-33(25)24(35)23-27-20(19-5-4-8-37-19)21-16-10-17(22-28-30-31(2)29-22)18(36-3)9-14(16)6-7-32(21)23/h4-5,8-10,15,34H,6-7,11-12H2,1-3H3/t15-,25+/m0/s1. The molecule has 0 radical (unpaired) electrons. The number of carbonyl (C=O) groups excluding carboxylic acids is 1. The summed E-state index contributed by atoms with van der Waals surface area (Å²) in [6.07, 6.45) is 0.111. The largest absolute Gasteiger partial charge is 0.496 e. The van der Waals surface area contributed by atoms with E-state index < -0.39 is 11.6 Å². The van der Waals surface area contributed by atoms with Gasteiger partial charge in [-0.05, 0) is 47.7 Å². The molecular weight excluding hydrogens is 492 g/mol. The number of hydrogen-bond acceptors (Lipinski definition) is 9. The number of hydrogen-bond donors (Lipinski definition) is 1. The second-order valence-corrected chi connectivity index (χ2v) is 10.4. The van der Waals surface area contributed by atoms with E-state index in [1.54, 1.807) is 32.4 Å². The fourth-order valence-electron chi connectivity index (χ4n) is 5.29. The molecule has 1 N–H and O–H groups in total. The van der Waals surface area contributed by atoms with Crippen molar-refractivity contribution in [3.8, 4) is 45.0 Å². The van der Waals surface area contributed by atoms with Gasteiger partial charge in [-0.15, -0.1) is 21.5 Å². The highest BCUT2D eigenvalue weighted by Crippen LogP contribution is 2.44. The van der Waals surface area contributed by atoms with Gasteiger partial charge in [0.1, 0.15) is 17.0 Å². The van der Waals surface area contributed by atoms with Crippen LogP contribution in [0.5, 0.6) is 5.75 Å². The number of methoxy groups -OCH3 is 1. The SMILES string of the molecule is COc1cc2c(cc1-c1nnn(C)n1)-c1c(-c3cccs3)nc(C(=O)N3C[C@@H](O)C[C@]3(C)C#N)n1CC2. The number of tetrazole rings is 1. The Morgan fingerprint density at radius 2 is 2.19 bits per heavy atom. The molecule has 2 aliphatic heterocycles. The Hall–Kier alpha value is -4.08. The monoisotopic (exact) mass is 516 g/mol. The van der Waals surface area contributed by atoms with Gasteiger partial charge in [0.2, 0.25) is 5.82 Å². The number of rotatable bonds is 4. The molecule has 5 heterocycles. The number of aliphatic hydroxyl groups is 1. The molecule has 1 amide bonds. The molecule has 0 aliphatic carbocycles. The van der Waals surface area contributed by atoms with Crippen molar-refractivity contribution >= 4 is 17.2 Å². The van der Waals surface area contributed by atoms with Crippen LogP contribution in [-0.2, 0) is 20.0 Å². The molecule has 188 valence electrons. The van der Waals surface area contributed by atoms with Crippen LogP contribution in [-0.4, -0.2) is 71.0 Å². The number of β-amino-alcohol motifs (C(OH)–C–C–N with tert-alkyl or cyclic N) is 1. The summed E-state index contributed by atoms with van der Waals surface area (Å²) >= 11 is 1.54. The smallest absolute Gasteiger partial charge is 0.291 e. The molecule has 6 rings (SSSR count). The molecule has 2 atom stereocenters. The van der Waals surface area contributed by atoms with Crippen LogP contribution in [0.4, 0.5) is 0 Å². The molecule has 0 saturated carbocycles. The maximum Gasteiger partial charge on any atom is 0.291 e. The summed E-state index contributed by atoms with van der Waals surface area (Å²) in [7, 11) is 3.31. The van der Waals surface area contributed by atoms with Gasteiger partial charge in [-0.2, -0.15) is 10.1 Å². The molecule has 0 spiro atoms. The summed E-state index contributed by atoms with van der Waals surface area (Å²) in [5.74, 6) is 0.972. The van der Waals surface area contributed by atoms with Crippen molar-refractivity contribution in [3.63, 3.8) is 0 Å². The number of imidazole rings is 1. The molecule has 11 nitrogen and oxygen atoms in total. The molecular formula is C25H24N8O3S. The highest BCUT2D eigenvalue weighted by molar-refractivity contribution is 7.13. The summed E-state index contributed by atoms with van der Waals surface area (Å²) in [5, 5.41) is 34.6. The van der Waals surface area contributed by atoms with Gasteiger partial charge in [0.05, 0.1) is 42.5 Å². The Bertz CT molecular complexity index is 1570. The first-order chi connectivity index (χ1) is 17.8. The number of aryl methyl sites for hydroxylation is 2. The third-order valence-corrected chi connectivity index (χ3v) is 7.93. The highest BCUT2D eigenvalue weighted by atomic mass is 32.1. The minimum atomic E-state index is -1.10. The van der Waals surface area contributed by atoms with E-state index in [1.807, 2.05) is 34.2 Å².